The summed E-state index contributed by atoms with van der Waals surface area (Å²) in [7, 11) is -3.19. The van der Waals surface area contributed by atoms with Crippen molar-refractivity contribution in [3.63, 3.8) is 0 Å². The number of aliphatic hydroxyl groups is 1. The lowest BCUT2D eigenvalue weighted by Gasteiger charge is -2.22. The number of rotatable bonds is 7. The first-order valence-electron chi connectivity index (χ1n) is 5.03. The summed E-state index contributed by atoms with van der Waals surface area (Å²) in [6.07, 6.45) is 3.91. The third kappa shape index (κ3) is 5.75. The van der Waals surface area contributed by atoms with Crippen molar-refractivity contribution in [1.29, 1.82) is 0 Å². The van der Waals surface area contributed by atoms with Crippen molar-refractivity contribution in [2.45, 2.75) is 25.4 Å². The van der Waals surface area contributed by atoms with Crippen LogP contribution in [0.25, 0.3) is 0 Å². The highest BCUT2D eigenvalue weighted by atomic mass is 32.2. The number of nitrogens with one attached hydrogen (secondary N) is 1. The second kappa shape index (κ2) is 5.03. The number of thioether (sulfide) groups is 1. The molecule has 0 heterocycles. The van der Waals surface area contributed by atoms with Crippen molar-refractivity contribution in [3.8, 4) is 0 Å². The maximum atomic E-state index is 11.5. The van der Waals surface area contributed by atoms with Crippen LogP contribution in [0, 0.1) is 5.92 Å². The zero-order chi connectivity index (χ0) is 11.5. The van der Waals surface area contributed by atoms with Crippen LogP contribution in [-0.2, 0) is 10.0 Å². The Morgan fingerprint density at radius 3 is 2.60 bits per heavy atom. The van der Waals surface area contributed by atoms with Gasteiger partial charge in [-0.15, -0.1) is 0 Å². The smallest absolute Gasteiger partial charge is 0.211 e. The lowest BCUT2D eigenvalue weighted by molar-refractivity contribution is 0.0908. The van der Waals surface area contributed by atoms with E-state index in [0.717, 1.165) is 12.8 Å². The monoisotopic (exact) mass is 253 g/mol. The van der Waals surface area contributed by atoms with E-state index in [1.165, 1.54) is 11.8 Å². The molecule has 1 atom stereocenters. The Balaban J connectivity index is 2.33. The zero-order valence-electron chi connectivity index (χ0n) is 9.19. The van der Waals surface area contributed by atoms with Gasteiger partial charge in [0.1, 0.15) is 0 Å². The normalized spacial score (nSPS) is 21.3. The molecule has 4 nitrogen and oxygen atoms in total. The van der Waals surface area contributed by atoms with Gasteiger partial charge in [-0.1, -0.05) is 0 Å². The summed E-state index contributed by atoms with van der Waals surface area (Å²) in [5.74, 6) is 1.08. The lowest BCUT2D eigenvalue weighted by atomic mass is 10.1. The lowest BCUT2D eigenvalue weighted by Crippen LogP contribution is -2.43. The third-order valence-corrected chi connectivity index (χ3v) is 4.69. The van der Waals surface area contributed by atoms with Gasteiger partial charge in [0.05, 0.1) is 11.4 Å². The molecular weight excluding hydrogens is 234 g/mol. The average Bonchev–Trinajstić information content (AvgIpc) is 2.85. The molecule has 0 bridgehead atoms. The molecule has 1 saturated carbocycles. The molecule has 15 heavy (non-hydrogen) atoms. The topological polar surface area (TPSA) is 66.4 Å². The van der Waals surface area contributed by atoms with Gasteiger partial charge in [-0.05, 0) is 31.9 Å². The van der Waals surface area contributed by atoms with Crippen molar-refractivity contribution in [2.75, 3.05) is 24.3 Å². The van der Waals surface area contributed by atoms with Gasteiger partial charge in [0.2, 0.25) is 10.0 Å². The predicted octanol–water partition coefficient (Wildman–Crippen LogP) is 0.430. The van der Waals surface area contributed by atoms with Crippen molar-refractivity contribution in [1.82, 2.24) is 4.72 Å². The second-order valence-electron chi connectivity index (χ2n) is 4.48. The van der Waals surface area contributed by atoms with E-state index < -0.39 is 15.6 Å². The third-order valence-electron chi connectivity index (χ3n) is 2.28. The molecular formula is C9H19NO3S2. The molecule has 2 N–H and O–H groups in total. The van der Waals surface area contributed by atoms with Crippen LogP contribution in [0.15, 0.2) is 0 Å². The highest BCUT2D eigenvalue weighted by Gasteiger charge is 2.29. The summed E-state index contributed by atoms with van der Waals surface area (Å²) in [5, 5.41) is 9.78. The van der Waals surface area contributed by atoms with Crippen LogP contribution in [0.3, 0.4) is 0 Å². The Labute approximate surface area is 95.9 Å². The summed E-state index contributed by atoms with van der Waals surface area (Å²) in [5.41, 5.74) is -0.962. The summed E-state index contributed by atoms with van der Waals surface area (Å²) in [6.45, 7) is 1.74. The van der Waals surface area contributed by atoms with Crippen molar-refractivity contribution in [3.05, 3.63) is 0 Å². The van der Waals surface area contributed by atoms with E-state index >= 15 is 0 Å². The molecule has 90 valence electrons. The van der Waals surface area contributed by atoms with Crippen LogP contribution < -0.4 is 4.72 Å². The second-order valence-corrected chi connectivity index (χ2v) is 7.19. The average molecular weight is 253 g/mol. The quantitative estimate of drug-likeness (QED) is 0.690. The fraction of sp³-hybridized carbons (Fsp3) is 1.00. The highest BCUT2D eigenvalue weighted by molar-refractivity contribution is 7.98. The van der Waals surface area contributed by atoms with Crippen LogP contribution in [-0.4, -0.2) is 43.4 Å². The SMILES string of the molecule is CSCC(C)(O)CNS(=O)(=O)CC1CC1. The van der Waals surface area contributed by atoms with E-state index in [9.17, 15) is 13.5 Å². The minimum atomic E-state index is -3.19. The molecule has 1 fully saturated rings. The molecule has 1 rings (SSSR count). The zero-order valence-corrected chi connectivity index (χ0v) is 10.8. The fourth-order valence-corrected chi connectivity index (χ4v) is 3.61. The van der Waals surface area contributed by atoms with Gasteiger partial charge in [-0.2, -0.15) is 11.8 Å². The molecule has 0 saturated heterocycles. The Morgan fingerprint density at radius 1 is 1.53 bits per heavy atom. The van der Waals surface area contributed by atoms with Gasteiger partial charge in [0.15, 0.2) is 0 Å². The molecule has 0 amide bonds. The van der Waals surface area contributed by atoms with Crippen LogP contribution >= 0.6 is 11.8 Å². The number of sulfonamides is 1. The molecule has 1 aliphatic rings. The fourth-order valence-electron chi connectivity index (χ4n) is 1.28. The molecule has 0 radical (unpaired) electrons. The maximum Gasteiger partial charge on any atom is 0.211 e. The van der Waals surface area contributed by atoms with E-state index in [4.69, 9.17) is 0 Å². The first-order valence-corrected chi connectivity index (χ1v) is 8.08. The summed E-state index contributed by atoms with van der Waals surface area (Å²) < 4.78 is 25.5. The van der Waals surface area contributed by atoms with Gasteiger partial charge in [-0.3, -0.25) is 0 Å². The summed E-state index contributed by atoms with van der Waals surface area (Å²) >= 11 is 1.50. The standard InChI is InChI=1S/C9H19NO3S2/c1-9(11,7-14-2)6-10-15(12,13)5-8-3-4-8/h8,10-11H,3-7H2,1-2H3. The molecule has 0 aromatic carbocycles. The van der Waals surface area contributed by atoms with Gasteiger partial charge >= 0.3 is 0 Å². The first kappa shape index (κ1) is 13.3. The van der Waals surface area contributed by atoms with E-state index in [0.29, 0.717) is 11.7 Å². The Kier molecular flexibility index (Phi) is 4.46. The molecule has 0 aromatic heterocycles. The van der Waals surface area contributed by atoms with Crippen molar-refractivity contribution >= 4 is 21.8 Å². The van der Waals surface area contributed by atoms with Gasteiger partial charge in [0, 0.05) is 12.3 Å². The number of hydrogen-bond acceptors (Lipinski definition) is 4. The van der Waals surface area contributed by atoms with Crippen molar-refractivity contribution < 1.29 is 13.5 Å². The van der Waals surface area contributed by atoms with E-state index in [1.54, 1.807) is 6.92 Å². The number of hydrogen-bond donors (Lipinski definition) is 2. The van der Waals surface area contributed by atoms with Gasteiger partial charge < -0.3 is 5.11 Å². The van der Waals surface area contributed by atoms with Gasteiger partial charge in [-0.25, -0.2) is 13.1 Å². The summed E-state index contributed by atoms with van der Waals surface area (Å²) in [6, 6.07) is 0. The molecule has 1 aliphatic carbocycles. The maximum absolute atomic E-state index is 11.5. The van der Waals surface area contributed by atoms with Crippen molar-refractivity contribution in [2.24, 2.45) is 5.92 Å². The van der Waals surface area contributed by atoms with Crippen LogP contribution in [0.5, 0.6) is 0 Å². The van der Waals surface area contributed by atoms with E-state index in [-0.39, 0.29) is 12.3 Å². The Hall–Kier alpha value is 0.220. The molecule has 6 heteroatoms. The molecule has 0 spiro atoms. The minimum Gasteiger partial charge on any atom is -0.388 e. The molecule has 1 unspecified atom stereocenters. The summed E-state index contributed by atoms with van der Waals surface area (Å²) in [4.78, 5) is 0. The van der Waals surface area contributed by atoms with E-state index in [2.05, 4.69) is 4.72 Å². The predicted molar refractivity (Wildman–Crippen MR) is 63.5 cm³/mol. The van der Waals surface area contributed by atoms with Gasteiger partial charge in [0.25, 0.3) is 0 Å². The Morgan fingerprint density at radius 2 is 2.13 bits per heavy atom. The minimum absolute atomic E-state index is 0.100. The molecule has 0 aliphatic heterocycles. The van der Waals surface area contributed by atoms with Crippen LogP contribution in [0.2, 0.25) is 0 Å². The molecule has 0 aromatic rings. The van der Waals surface area contributed by atoms with E-state index in [1.807, 2.05) is 6.26 Å². The Bertz CT molecular complexity index is 296. The first-order chi connectivity index (χ1) is 6.85. The van der Waals surface area contributed by atoms with Crippen LogP contribution in [0.4, 0.5) is 0 Å². The largest absolute Gasteiger partial charge is 0.388 e. The highest BCUT2D eigenvalue weighted by Crippen LogP contribution is 2.29. The van der Waals surface area contributed by atoms with Crippen LogP contribution in [0.1, 0.15) is 19.8 Å².